The van der Waals surface area contributed by atoms with Crippen molar-refractivity contribution in [3.63, 3.8) is 0 Å². The largest absolute Gasteiger partial charge is 0.488 e. The third-order valence-corrected chi connectivity index (χ3v) is 8.22. The molecule has 0 aliphatic carbocycles. The van der Waals surface area contributed by atoms with Gasteiger partial charge in [-0.2, -0.15) is 10.1 Å². The Labute approximate surface area is 317 Å². The normalized spacial score (nSPS) is 12.7. The number of halogens is 1. The Bertz CT molecular complexity index is 1960. The molecule has 3 N–H and O–H groups in total. The van der Waals surface area contributed by atoms with E-state index in [0.717, 1.165) is 50.6 Å². The Morgan fingerprint density at radius 2 is 1.59 bits per heavy atom. The number of rotatable bonds is 22. The van der Waals surface area contributed by atoms with Crippen molar-refractivity contribution in [2.24, 2.45) is 0 Å². The number of H-pyrrole nitrogens is 1. The number of ether oxygens (including phenoxy) is 3. The van der Waals surface area contributed by atoms with Crippen LogP contribution in [-0.4, -0.2) is 57.4 Å². The van der Waals surface area contributed by atoms with Crippen molar-refractivity contribution >= 4 is 28.4 Å². The number of hydrogen-bond donors (Lipinski definition) is 3. The van der Waals surface area contributed by atoms with Gasteiger partial charge in [-0.3, -0.25) is 4.79 Å². The number of fused-ring (bicyclic) bond motifs is 2. The lowest BCUT2D eigenvalue weighted by Crippen LogP contribution is -2.36. The zero-order valence-corrected chi connectivity index (χ0v) is 31.8. The van der Waals surface area contributed by atoms with Gasteiger partial charge in [-0.1, -0.05) is 67.7 Å². The molecule has 2 amide bonds. The van der Waals surface area contributed by atoms with Crippen LogP contribution in [0.5, 0.6) is 17.4 Å². The predicted molar refractivity (Wildman–Crippen MR) is 212 cm³/mol. The van der Waals surface area contributed by atoms with Crippen LogP contribution in [0.25, 0.3) is 16.4 Å². The number of alkyl carbamates (subject to hydrolysis) is 1. The van der Waals surface area contributed by atoms with Gasteiger partial charge < -0.3 is 29.8 Å². The standard InChI is InChI=1S/C42H53FN6O5/c1-5-6-7-8-9-10-11-12-13-14-15-16-17-18-19-20-21-22-38(50)44-25-26-45-42(51)53-32(3)29-52-37-28-49-40(33(37)4)41(46-30-47-49)54-36-24-23-35-34(39(36)43)27-31(2)48-35/h6-7,9-10,12-13,15-16,18-19,23-24,27-28,30,32,48H,5,8,11,14,17,20-22,25-26,29H2,1-4H3,(H,44,50)(H,45,51)/b7-6-,10-9-,13-12-,16-15-,19-18-/t32-/m1/s1. The van der Waals surface area contributed by atoms with Gasteiger partial charge in [0.1, 0.15) is 30.3 Å². The molecule has 0 aliphatic heterocycles. The number of carbonyl (C=O) groups is 2. The number of unbranched alkanes of at least 4 members (excludes halogenated alkanes) is 1. The molecular weight excluding hydrogens is 687 g/mol. The number of aryl methyl sites for hydroxylation is 2. The van der Waals surface area contributed by atoms with E-state index in [1.807, 2.05) is 13.8 Å². The summed E-state index contributed by atoms with van der Waals surface area (Å²) in [5.41, 5.74) is 2.71. The topological polar surface area (TPSA) is 132 Å². The van der Waals surface area contributed by atoms with Crippen LogP contribution < -0.4 is 20.1 Å². The Morgan fingerprint density at radius 1 is 0.926 bits per heavy atom. The molecule has 1 aromatic carbocycles. The molecule has 0 unspecified atom stereocenters. The maximum Gasteiger partial charge on any atom is 0.407 e. The molecule has 0 fully saturated rings. The van der Waals surface area contributed by atoms with Gasteiger partial charge in [0.05, 0.1) is 6.20 Å². The van der Waals surface area contributed by atoms with Gasteiger partial charge in [0.2, 0.25) is 11.8 Å². The molecule has 3 heterocycles. The van der Waals surface area contributed by atoms with Gasteiger partial charge in [-0.05, 0) is 83.9 Å². The average Bonchev–Trinajstić information content (AvgIpc) is 3.70. The zero-order chi connectivity index (χ0) is 38.5. The van der Waals surface area contributed by atoms with Crippen molar-refractivity contribution in [2.45, 2.75) is 85.2 Å². The van der Waals surface area contributed by atoms with Gasteiger partial charge >= 0.3 is 6.09 Å². The lowest BCUT2D eigenvalue weighted by molar-refractivity contribution is -0.121. The third-order valence-electron chi connectivity index (χ3n) is 8.22. The van der Waals surface area contributed by atoms with Gasteiger partial charge in [0, 0.05) is 41.7 Å². The zero-order valence-electron chi connectivity index (χ0n) is 31.8. The van der Waals surface area contributed by atoms with Crippen LogP contribution in [0.3, 0.4) is 0 Å². The van der Waals surface area contributed by atoms with Crippen LogP contribution in [-0.2, 0) is 9.53 Å². The Kier molecular flexibility index (Phi) is 17.1. The number of benzene rings is 1. The fourth-order valence-corrected chi connectivity index (χ4v) is 5.47. The maximum atomic E-state index is 15.2. The van der Waals surface area contributed by atoms with Gasteiger partial charge in [-0.25, -0.2) is 13.7 Å². The summed E-state index contributed by atoms with van der Waals surface area (Å²) in [7, 11) is 0. The van der Waals surface area contributed by atoms with Crippen molar-refractivity contribution in [3.05, 3.63) is 109 Å². The van der Waals surface area contributed by atoms with Crippen LogP contribution in [0.2, 0.25) is 0 Å². The summed E-state index contributed by atoms with van der Waals surface area (Å²) in [6.07, 6.45) is 30.3. The van der Waals surface area contributed by atoms with Gasteiger partial charge in [-0.15, -0.1) is 0 Å². The number of aromatic amines is 1. The Hall–Kier alpha value is -5.65. The summed E-state index contributed by atoms with van der Waals surface area (Å²) in [5.74, 6) is 0.139. The van der Waals surface area contributed by atoms with E-state index < -0.39 is 18.0 Å². The molecule has 54 heavy (non-hydrogen) atoms. The number of amides is 2. The molecule has 0 saturated heterocycles. The molecule has 0 spiro atoms. The van der Waals surface area contributed by atoms with Crippen LogP contribution in [0.4, 0.5) is 9.18 Å². The number of aromatic nitrogens is 4. The lowest BCUT2D eigenvalue weighted by atomic mass is 10.2. The minimum atomic E-state index is -0.615. The van der Waals surface area contributed by atoms with E-state index in [2.05, 4.69) is 93.4 Å². The quantitative estimate of drug-likeness (QED) is 0.0541. The molecular formula is C42H53FN6O5. The molecule has 0 radical (unpaired) electrons. The third kappa shape index (κ3) is 13.4. The predicted octanol–water partition coefficient (Wildman–Crippen LogP) is 9.29. The van der Waals surface area contributed by atoms with Crippen molar-refractivity contribution < 1.29 is 28.2 Å². The summed E-state index contributed by atoms with van der Waals surface area (Å²) in [6.45, 7) is 8.12. The number of hydrogen-bond acceptors (Lipinski definition) is 7. The van der Waals surface area contributed by atoms with E-state index >= 15 is 4.39 Å². The van der Waals surface area contributed by atoms with E-state index in [4.69, 9.17) is 14.2 Å². The lowest BCUT2D eigenvalue weighted by Gasteiger charge is -2.15. The van der Waals surface area contributed by atoms with Gasteiger partial charge in [0.25, 0.3) is 0 Å². The fraction of sp³-hybridized carbons (Fsp3) is 0.381. The smallest absolute Gasteiger partial charge is 0.407 e. The molecule has 3 aromatic heterocycles. The highest BCUT2D eigenvalue weighted by atomic mass is 19.1. The van der Waals surface area contributed by atoms with Crippen molar-refractivity contribution in [1.29, 1.82) is 0 Å². The molecule has 0 saturated carbocycles. The van der Waals surface area contributed by atoms with E-state index in [1.165, 1.54) is 6.33 Å². The Balaban J connectivity index is 1.06. The van der Waals surface area contributed by atoms with Crippen LogP contribution in [0, 0.1) is 19.7 Å². The average molecular weight is 741 g/mol. The van der Waals surface area contributed by atoms with Crippen molar-refractivity contribution in [3.8, 4) is 17.4 Å². The van der Waals surface area contributed by atoms with Crippen LogP contribution in [0.1, 0.15) is 76.5 Å². The van der Waals surface area contributed by atoms with E-state index in [9.17, 15) is 9.59 Å². The molecule has 288 valence electrons. The first kappa shape index (κ1) is 41.1. The summed E-state index contributed by atoms with van der Waals surface area (Å²) >= 11 is 0. The molecule has 0 bridgehead atoms. The summed E-state index contributed by atoms with van der Waals surface area (Å²) in [4.78, 5) is 31.8. The number of carbonyl (C=O) groups excluding carboxylic acids is 2. The first-order valence-electron chi connectivity index (χ1n) is 18.6. The van der Waals surface area contributed by atoms with Crippen molar-refractivity contribution in [1.82, 2.24) is 30.2 Å². The fourth-order valence-electron chi connectivity index (χ4n) is 5.47. The highest BCUT2D eigenvalue weighted by Crippen LogP contribution is 2.34. The molecule has 11 nitrogen and oxygen atoms in total. The first-order valence-corrected chi connectivity index (χ1v) is 18.6. The summed E-state index contributed by atoms with van der Waals surface area (Å²) < 4.78 is 34.0. The van der Waals surface area contributed by atoms with Gasteiger partial charge in [0.15, 0.2) is 11.6 Å². The minimum absolute atomic E-state index is 0.0370. The summed E-state index contributed by atoms with van der Waals surface area (Å²) in [5, 5.41) is 10.1. The second kappa shape index (κ2) is 22.4. The Morgan fingerprint density at radius 3 is 2.30 bits per heavy atom. The van der Waals surface area contributed by atoms with Crippen LogP contribution >= 0.6 is 0 Å². The minimum Gasteiger partial charge on any atom is -0.488 e. The van der Waals surface area contributed by atoms with Crippen molar-refractivity contribution in [2.75, 3.05) is 19.7 Å². The molecule has 4 aromatic rings. The molecule has 4 rings (SSSR count). The monoisotopic (exact) mass is 740 g/mol. The molecule has 1 atom stereocenters. The SMILES string of the molecule is CC/C=C\C/C=C\C/C=C\C/C=C\C/C=C\CCCC(=O)NCCNC(=O)O[C@H](C)COc1cn2ncnc(Oc3ccc4[nH]c(C)cc4c3F)c2c1C. The highest BCUT2D eigenvalue weighted by molar-refractivity contribution is 5.83. The van der Waals surface area contributed by atoms with E-state index in [0.29, 0.717) is 40.7 Å². The van der Waals surface area contributed by atoms with E-state index in [-0.39, 0.29) is 30.7 Å². The molecule has 12 heteroatoms. The second-order valence-corrected chi connectivity index (χ2v) is 12.8. The number of nitrogens with zero attached hydrogens (tertiary/aromatic N) is 3. The molecule has 0 aliphatic rings. The number of nitrogens with one attached hydrogen (secondary N) is 3. The first-order chi connectivity index (χ1) is 26.3. The van der Waals surface area contributed by atoms with E-state index in [1.54, 1.807) is 35.8 Å². The maximum absolute atomic E-state index is 15.2. The number of allylic oxidation sites excluding steroid dienone is 10. The second-order valence-electron chi connectivity index (χ2n) is 12.8. The summed E-state index contributed by atoms with van der Waals surface area (Å²) in [6, 6.07) is 5.03. The highest BCUT2D eigenvalue weighted by Gasteiger charge is 2.19. The van der Waals surface area contributed by atoms with Crippen LogP contribution in [0.15, 0.2) is 91.5 Å².